The molecular weight excluding hydrogens is 160 g/mol. The Morgan fingerprint density at radius 2 is 2.08 bits per heavy atom. The smallest absolute Gasteiger partial charge is 0.0444 e. The summed E-state index contributed by atoms with van der Waals surface area (Å²) < 4.78 is 0. The molecule has 1 heterocycles. The van der Waals surface area contributed by atoms with Gasteiger partial charge in [-0.25, -0.2) is 0 Å². The lowest BCUT2D eigenvalue weighted by molar-refractivity contribution is 1.19. The van der Waals surface area contributed by atoms with Gasteiger partial charge in [0.25, 0.3) is 0 Å². The van der Waals surface area contributed by atoms with E-state index in [2.05, 4.69) is 16.9 Å². The highest BCUT2D eigenvalue weighted by Gasteiger charge is 1.96. The van der Waals surface area contributed by atoms with E-state index in [1.54, 1.807) is 6.08 Å². The van der Waals surface area contributed by atoms with Crippen LogP contribution in [0.2, 0.25) is 0 Å². The summed E-state index contributed by atoms with van der Waals surface area (Å²) in [4.78, 5) is 4.15. The second-order valence-electron chi connectivity index (χ2n) is 2.37. The summed E-state index contributed by atoms with van der Waals surface area (Å²) in [5.41, 5.74) is 3.13. The van der Waals surface area contributed by atoms with E-state index in [9.17, 15) is 0 Å². The van der Waals surface area contributed by atoms with Crippen molar-refractivity contribution in [1.82, 2.24) is 4.98 Å². The maximum atomic E-state index is 4.15. The molecule has 0 radical (unpaired) electrons. The van der Waals surface area contributed by atoms with Crippen molar-refractivity contribution in [2.75, 3.05) is 12.4 Å². The zero-order valence-electron chi connectivity index (χ0n) is 8.89. The molecule has 13 heavy (non-hydrogen) atoms. The molecule has 1 aromatic rings. The van der Waals surface area contributed by atoms with Gasteiger partial charge in [-0.15, -0.1) is 0 Å². The number of hydrogen-bond acceptors (Lipinski definition) is 2. The quantitative estimate of drug-likeness (QED) is 0.752. The normalized spacial score (nSPS) is 8.31. The first-order valence-corrected chi connectivity index (χ1v) is 4.54. The number of nitrogens with one attached hydrogen (secondary N) is 1. The zero-order valence-corrected chi connectivity index (χ0v) is 8.89. The van der Waals surface area contributed by atoms with Gasteiger partial charge in [0.05, 0.1) is 0 Å². The van der Waals surface area contributed by atoms with Gasteiger partial charge in [0.2, 0.25) is 0 Å². The largest absolute Gasteiger partial charge is 0.388 e. The molecule has 1 aromatic heterocycles. The van der Waals surface area contributed by atoms with Gasteiger partial charge in [0, 0.05) is 30.2 Å². The molecule has 1 rings (SSSR count). The van der Waals surface area contributed by atoms with E-state index < -0.39 is 0 Å². The first kappa shape index (κ1) is 11.7. The molecule has 0 saturated heterocycles. The van der Waals surface area contributed by atoms with Gasteiger partial charge in [-0.05, 0) is 13.0 Å². The fourth-order valence-corrected chi connectivity index (χ4v) is 0.950. The topological polar surface area (TPSA) is 24.9 Å². The third-order valence-corrected chi connectivity index (χ3v) is 1.56. The molecule has 72 valence electrons. The Balaban J connectivity index is 0.000000671. The van der Waals surface area contributed by atoms with Crippen molar-refractivity contribution in [3.8, 4) is 0 Å². The summed E-state index contributed by atoms with van der Waals surface area (Å²) in [5.74, 6) is 0. The summed E-state index contributed by atoms with van der Waals surface area (Å²) in [6.45, 7) is 9.66. The van der Waals surface area contributed by atoms with Gasteiger partial charge in [0.15, 0.2) is 0 Å². The Labute approximate surface area is 80.7 Å². The van der Waals surface area contributed by atoms with Crippen LogP contribution in [-0.4, -0.2) is 12.0 Å². The average molecular weight is 178 g/mol. The summed E-state index contributed by atoms with van der Waals surface area (Å²) in [6.07, 6.45) is 3.60. The van der Waals surface area contributed by atoms with Crippen LogP contribution in [0.1, 0.15) is 25.1 Å². The highest BCUT2D eigenvalue weighted by atomic mass is 14.8. The van der Waals surface area contributed by atoms with E-state index in [1.165, 1.54) is 0 Å². The Kier molecular flexibility index (Phi) is 5.60. The summed E-state index contributed by atoms with van der Waals surface area (Å²) >= 11 is 0. The number of aromatic nitrogens is 1. The predicted octanol–water partition coefficient (Wildman–Crippen LogP) is 3.10. The van der Waals surface area contributed by atoms with Crippen molar-refractivity contribution >= 4 is 11.8 Å². The van der Waals surface area contributed by atoms with Crippen LogP contribution in [0.3, 0.4) is 0 Å². The molecule has 0 fully saturated rings. The molecule has 2 nitrogen and oxygen atoms in total. The Morgan fingerprint density at radius 3 is 2.54 bits per heavy atom. The third kappa shape index (κ3) is 3.28. The Bertz CT molecular complexity index is 267. The molecular formula is C11H18N2. The molecule has 0 aliphatic carbocycles. The van der Waals surface area contributed by atoms with E-state index in [0.717, 1.165) is 16.9 Å². The van der Waals surface area contributed by atoms with E-state index in [0.29, 0.717) is 0 Å². The van der Waals surface area contributed by atoms with Crippen LogP contribution in [0.5, 0.6) is 0 Å². The predicted molar refractivity (Wildman–Crippen MR) is 60.0 cm³/mol. The first-order valence-electron chi connectivity index (χ1n) is 4.54. The molecule has 0 unspecified atom stereocenters. The molecule has 2 heteroatoms. The minimum absolute atomic E-state index is 1.01. The summed E-state index contributed by atoms with van der Waals surface area (Å²) in [5, 5.41) is 3.08. The van der Waals surface area contributed by atoms with E-state index in [1.807, 2.05) is 40.1 Å². The summed E-state index contributed by atoms with van der Waals surface area (Å²) in [6, 6.07) is 2.00. The second kappa shape index (κ2) is 6.23. The third-order valence-electron chi connectivity index (χ3n) is 1.56. The molecule has 0 aromatic carbocycles. The van der Waals surface area contributed by atoms with Crippen LogP contribution >= 0.6 is 0 Å². The number of nitrogens with zero attached hydrogens (tertiary/aromatic N) is 1. The van der Waals surface area contributed by atoms with Crippen LogP contribution in [0.15, 0.2) is 18.8 Å². The maximum absolute atomic E-state index is 4.15. The molecule has 1 N–H and O–H groups in total. The standard InChI is InChI=1S/C9H12N2.C2H6/c1-4-8-6-11-7(2)5-9(8)10-3;1-2/h4-6H,1H2,2-3H3,(H,10,11);1-2H3. The molecule has 0 aliphatic heterocycles. The number of pyridine rings is 1. The van der Waals surface area contributed by atoms with Crippen molar-refractivity contribution < 1.29 is 0 Å². The summed E-state index contributed by atoms with van der Waals surface area (Å²) in [7, 11) is 1.89. The van der Waals surface area contributed by atoms with E-state index in [4.69, 9.17) is 0 Å². The lowest BCUT2D eigenvalue weighted by atomic mass is 10.2. The number of aryl methyl sites for hydroxylation is 1. The van der Waals surface area contributed by atoms with Gasteiger partial charge in [-0.2, -0.15) is 0 Å². The van der Waals surface area contributed by atoms with E-state index >= 15 is 0 Å². The van der Waals surface area contributed by atoms with E-state index in [-0.39, 0.29) is 0 Å². The molecule has 0 amide bonds. The van der Waals surface area contributed by atoms with Gasteiger partial charge >= 0.3 is 0 Å². The van der Waals surface area contributed by atoms with Gasteiger partial charge in [0.1, 0.15) is 0 Å². The lowest BCUT2D eigenvalue weighted by Gasteiger charge is -2.04. The van der Waals surface area contributed by atoms with Crippen LogP contribution in [0.4, 0.5) is 5.69 Å². The molecule has 0 bridgehead atoms. The SMILES string of the molecule is C=Cc1cnc(C)cc1NC.CC. The van der Waals surface area contributed by atoms with Crippen molar-refractivity contribution in [3.63, 3.8) is 0 Å². The lowest BCUT2D eigenvalue weighted by Crippen LogP contribution is -1.93. The first-order chi connectivity index (χ1) is 6.27. The van der Waals surface area contributed by atoms with Gasteiger partial charge in [-0.3, -0.25) is 4.98 Å². The number of rotatable bonds is 2. The van der Waals surface area contributed by atoms with Crippen LogP contribution in [0, 0.1) is 6.92 Å². The number of anilines is 1. The van der Waals surface area contributed by atoms with Crippen LogP contribution < -0.4 is 5.32 Å². The molecule has 0 aliphatic rings. The van der Waals surface area contributed by atoms with Gasteiger partial charge < -0.3 is 5.32 Å². The van der Waals surface area contributed by atoms with Gasteiger partial charge in [-0.1, -0.05) is 26.5 Å². The average Bonchev–Trinajstić information content (AvgIpc) is 2.20. The minimum atomic E-state index is 1.01. The van der Waals surface area contributed by atoms with Crippen molar-refractivity contribution in [1.29, 1.82) is 0 Å². The van der Waals surface area contributed by atoms with Crippen molar-refractivity contribution in [2.24, 2.45) is 0 Å². The zero-order chi connectivity index (χ0) is 10.3. The molecule has 0 atom stereocenters. The fraction of sp³-hybridized carbons (Fsp3) is 0.364. The number of hydrogen-bond donors (Lipinski definition) is 1. The highest BCUT2D eigenvalue weighted by molar-refractivity contribution is 5.64. The van der Waals surface area contributed by atoms with Crippen molar-refractivity contribution in [3.05, 3.63) is 30.1 Å². The Hall–Kier alpha value is -1.31. The minimum Gasteiger partial charge on any atom is -0.388 e. The van der Waals surface area contributed by atoms with Crippen LogP contribution in [0.25, 0.3) is 6.08 Å². The fourth-order valence-electron chi connectivity index (χ4n) is 0.950. The monoisotopic (exact) mass is 178 g/mol. The van der Waals surface area contributed by atoms with Crippen molar-refractivity contribution in [2.45, 2.75) is 20.8 Å². The highest BCUT2D eigenvalue weighted by Crippen LogP contribution is 2.15. The maximum Gasteiger partial charge on any atom is 0.0444 e. The Morgan fingerprint density at radius 1 is 1.46 bits per heavy atom. The van der Waals surface area contributed by atoms with Crippen LogP contribution in [-0.2, 0) is 0 Å². The molecule has 0 spiro atoms. The second-order valence-corrected chi connectivity index (χ2v) is 2.37. The molecule has 0 saturated carbocycles.